The molecule has 1 atom stereocenters. The third-order valence-electron chi connectivity index (χ3n) is 3.14. The number of carbonyl (C=O) groups is 3. The number of allylic oxidation sites excluding steroid dienone is 2. The molecule has 6 nitrogen and oxygen atoms in total. The van der Waals surface area contributed by atoms with E-state index < -0.39 is 11.9 Å². The summed E-state index contributed by atoms with van der Waals surface area (Å²) in [6.45, 7) is 0. The second-order valence-corrected chi connectivity index (χ2v) is 4.49. The number of piperidine rings is 1. The van der Waals surface area contributed by atoms with Gasteiger partial charge in [-0.25, -0.2) is 0 Å². The second-order valence-electron chi connectivity index (χ2n) is 4.49. The van der Waals surface area contributed by atoms with E-state index in [-0.39, 0.29) is 18.2 Å². The van der Waals surface area contributed by atoms with Crippen LogP contribution in [0.4, 0.5) is 0 Å². The average Bonchev–Trinajstić information content (AvgIpc) is 2.42. The molecule has 102 valence electrons. The van der Waals surface area contributed by atoms with Crippen molar-refractivity contribution in [2.75, 3.05) is 7.11 Å². The minimum absolute atomic E-state index is 0.245. The standard InChI is InChI=1S/C13H16N2O4/c1-19-9-4-2-3-8(7-9)12(17)14-10-5-6-11(16)15-13(10)18/h3,7,10H,2,4-6H2,1H3,(H,14,17)(H,15,16,18). The zero-order chi connectivity index (χ0) is 13.8. The van der Waals surface area contributed by atoms with Crippen molar-refractivity contribution in [3.05, 3.63) is 23.5 Å². The van der Waals surface area contributed by atoms with Crippen LogP contribution >= 0.6 is 0 Å². The zero-order valence-corrected chi connectivity index (χ0v) is 10.7. The molecular weight excluding hydrogens is 248 g/mol. The van der Waals surface area contributed by atoms with Gasteiger partial charge in [-0.05, 0) is 18.9 Å². The number of hydrogen-bond acceptors (Lipinski definition) is 4. The van der Waals surface area contributed by atoms with Gasteiger partial charge in [-0.2, -0.15) is 0 Å². The Morgan fingerprint density at radius 1 is 1.42 bits per heavy atom. The Balaban J connectivity index is 1.98. The van der Waals surface area contributed by atoms with Crippen LogP contribution in [0.1, 0.15) is 25.7 Å². The van der Waals surface area contributed by atoms with Gasteiger partial charge < -0.3 is 10.1 Å². The Morgan fingerprint density at radius 2 is 2.21 bits per heavy atom. The Labute approximate surface area is 110 Å². The fourth-order valence-corrected chi connectivity index (χ4v) is 2.07. The van der Waals surface area contributed by atoms with Crippen molar-refractivity contribution in [1.29, 1.82) is 0 Å². The van der Waals surface area contributed by atoms with Gasteiger partial charge in [0.25, 0.3) is 5.91 Å². The molecule has 6 heteroatoms. The van der Waals surface area contributed by atoms with Crippen molar-refractivity contribution < 1.29 is 19.1 Å². The maximum atomic E-state index is 12.0. The van der Waals surface area contributed by atoms with Crippen LogP contribution in [-0.2, 0) is 19.1 Å². The lowest BCUT2D eigenvalue weighted by atomic mass is 10.0. The van der Waals surface area contributed by atoms with E-state index >= 15 is 0 Å². The second kappa shape index (κ2) is 5.69. The highest BCUT2D eigenvalue weighted by Crippen LogP contribution is 2.18. The fraction of sp³-hybridized carbons (Fsp3) is 0.462. The topological polar surface area (TPSA) is 84.5 Å². The lowest BCUT2D eigenvalue weighted by molar-refractivity contribution is -0.136. The summed E-state index contributed by atoms with van der Waals surface area (Å²) in [7, 11) is 1.56. The minimum Gasteiger partial charge on any atom is -0.501 e. The maximum Gasteiger partial charge on any atom is 0.251 e. The van der Waals surface area contributed by atoms with Crippen molar-refractivity contribution in [3.8, 4) is 0 Å². The number of ether oxygens (including phenoxy) is 1. The molecule has 0 saturated carbocycles. The largest absolute Gasteiger partial charge is 0.501 e. The highest BCUT2D eigenvalue weighted by Gasteiger charge is 2.28. The first-order valence-electron chi connectivity index (χ1n) is 6.19. The summed E-state index contributed by atoms with van der Waals surface area (Å²) in [5.41, 5.74) is 0.493. The molecule has 0 aromatic heterocycles. The van der Waals surface area contributed by atoms with Gasteiger partial charge in [0.1, 0.15) is 6.04 Å². The third-order valence-corrected chi connectivity index (χ3v) is 3.14. The number of rotatable bonds is 3. The van der Waals surface area contributed by atoms with Crippen LogP contribution in [-0.4, -0.2) is 30.9 Å². The smallest absolute Gasteiger partial charge is 0.251 e. The van der Waals surface area contributed by atoms with E-state index in [1.807, 2.05) is 6.08 Å². The SMILES string of the molecule is COC1=CC(C(=O)NC2CCC(=O)NC2=O)=CCC1. The summed E-state index contributed by atoms with van der Waals surface area (Å²) in [4.78, 5) is 34.6. The van der Waals surface area contributed by atoms with E-state index in [1.54, 1.807) is 13.2 Å². The Hall–Kier alpha value is -2.11. The van der Waals surface area contributed by atoms with Crippen LogP contribution in [0.25, 0.3) is 0 Å². The summed E-state index contributed by atoms with van der Waals surface area (Å²) in [5, 5.41) is 4.84. The van der Waals surface area contributed by atoms with E-state index in [0.717, 1.165) is 18.6 Å². The number of amides is 3. The molecule has 1 saturated heterocycles. The Kier molecular flexibility index (Phi) is 3.99. The predicted molar refractivity (Wildman–Crippen MR) is 66.7 cm³/mol. The monoisotopic (exact) mass is 264 g/mol. The molecule has 1 heterocycles. The number of hydrogen-bond donors (Lipinski definition) is 2. The van der Waals surface area contributed by atoms with E-state index in [9.17, 15) is 14.4 Å². The first-order valence-corrected chi connectivity index (χ1v) is 6.19. The molecular formula is C13H16N2O4. The molecule has 2 rings (SSSR count). The molecule has 0 bridgehead atoms. The van der Waals surface area contributed by atoms with Gasteiger partial charge in [-0.1, -0.05) is 6.08 Å². The predicted octanol–water partition coefficient (Wildman–Crippen LogP) is 0.158. The molecule has 1 fully saturated rings. The summed E-state index contributed by atoms with van der Waals surface area (Å²) < 4.78 is 5.11. The van der Waals surface area contributed by atoms with Crippen molar-refractivity contribution in [1.82, 2.24) is 10.6 Å². The maximum absolute atomic E-state index is 12.0. The highest BCUT2D eigenvalue weighted by atomic mass is 16.5. The first kappa shape index (κ1) is 13.3. The number of methoxy groups -OCH3 is 1. The van der Waals surface area contributed by atoms with Crippen LogP contribution in [0, 0.1) is 0 Å². The lowest BCUT2D eigenvalue weighted by Crippen LogP contribution is -2.52. The summed E-state index contributed by atoms with van der Waals surface area (Å²) in [5.74, 6) is -0.314. The summed E-state index contributed by atoms with van der Waals surface area (Å²) in [6, 6.07) is -0.646. The van der Waals surface area contributed by atoms with Crippen molar-refractivity contribution in [2.45, 2.75) is 31.7 Å². The first-order chi connectivity index (χ1) is 9.10. The normalized spacial score (nSPS) is 23.1. The number of nitrogens with one attached hydrogen (secondary N) is 2. The van der Waals surface area contributed by atoms with E-state index in [0.29, 0.717) is 12.0 Å². The molecule has 1 aliphatic carbocycles. The minimum atomic E-state index is -0.646. The average molecular weight is 264 g/mol. The zero-order valence-electron chi connectivity index (χ0n) is 10.7. The fourth-order valence-electron chi connectivity index (χ4n) is 2.07. The molecule has 19 heavy (non-hydrogen) atoms. The molecule has 0 radical (unpaired) electrons. The van der Waals surface area contributed by atoms with E-state index in [1.165, 1.54) is 0 Å². The lowest BCUT2D eigenvalue weighted by Gasteiger charge is -2.22. The summed E-state index contributed by atoms with van der Waals surface area (Å²) in [6.07, 6.45) is 5.57. The van der Waals surface area contributed by atoms with Crippen LogP contribution in [0.3, 0.4) is 0 Å². The van der Waals surface area contributed by atoms with Gasteiger partial charge in [0, 0.05) is 18.4 Å². The van der Waals surface area contributed by atoms with Crippen molar-refractivity contribution in [2.24, 2.45) is 0 Å². The van der Waals surface area contributed by atoms with Gasteiger partial charge in [0.15, 0.2) is 0 Å². The highest BCUT2D eigenvalue weighted by molar-refractivity contribution is 6.04. The molecule has 0 spiro atoms. The molecule has 2 N–H and O–H groups in total. The van der Waals surface area contributed by atoms with E-state index in [4.69, 9.17) is 4.74 Å². The van der Waals surface area contributed by atoms with Crippen LogP contribution in [0.5, 0.6) is 0 Å². The molecule has 1 aliphatic heterocycles. The van der Waals surface area contributed by atoms with Crippen LogP contribution in [0.2, 0.25) is 0 Å². The van der Waals surface area contributed by atoms with Gasteiger partial charge in [0.2, 0.25) is 11.8 Å². The summed E-state index contributed by atoms with van der Waals surface area (Å²) >= 11 is 0. The van der Waals surface area contributed by atoms with Crippen LogP contribution < -0.4 is 10.6 Å². The van der Waals surface area contributed by atoms with Crippen LogP contribution in [0.15, 0.2) is 23.5 Å². The van der Waals surface area contributed by atoms with Gasteiger partial charge in [-0.15, -0.1) is 0 Å². The Bertz CT molecular complexity index is 479. The van der Waals surface area contributed by atoms with Crippen molar-refractivity contribution in [3.63, 3.8) is 0 Å². The third kappa shape index (κ3) is 3.21. The Morgan fingerprint density at radius 3 is 2.89 bits per heavy atom. The molecule has 3 amide bonds. The van der Waals surface area contributed by atoms with Crippen molar-refractivity contribution >= 4 is 17.7 Å². The molecule has 0 aromatic carbocycles. The van der Waals surface area contributed by atoms with Gasteiger partial charge in [0.05, 0.1) is 12.9 Å². The van der Waals surface area contributed by atoms with E-state index in [2.05, 4.69) is 10.6 Å². The number of imide groups is 1. The van der Waals surface area contributed by atoms with Gasteiger partial charge >= 0.3 is 0 Å². The number of carbonyl (C=O) groups excluding carboxylic acids is 3. The van der Waals surface area contributed by atoms with Gasteiger partial charge in [-0.3, -0.25) is 19.7 Å². The quantitative estimate of drug-likeness (QED) is 0.711. The molecule has 1 unspecified atom stereocenters. The molecule has 2 aliphatic rings. The molecule has 0 aromatic rings.